The highest BCUT2D eigenvalue weighted by atomic mass is 32.1. The Morgan fingerprint density at radius 3 is 0.921 bits per heavy atom. The van der Waals surface area contributed by atoms with Gasteiger partial charge in [0.05, 0.1) is 0 Å². The smallest absolute Gasteiger partial charge is 0.107 e. The SMILES string of the molecule is Cc1cc2c3cc([Si](C(C)C)(C(C)C)C(C)C)sc3c(C)cc2c2cc([Si](C(C)C)(C(C)C)C(C)C)sc12. The lowest BCUT2D eigenvalue weighted by atomic mass is 9.99. The van der Waals surface area contributed by atoms with E-state index < -0.39 is 16.1 Å². The van der Waals surface area contributed by atoms with Crippen LogP contribution in [-0.2, 0) is 0 Å². The summed E-state index contributed by atoms with van der Waals surface area (Å²) in [5.74, 6) is 0. The van der Waals surface area contributed by atoms with E-state index in [2.05, 4.69) is 144 Å². The van der Waals surface area contributed by atoms with Gasteiger partial charge in [-0.3, -0.25) is 0 Å². The molecule has 0 aliphatic rings. The molecule has 38 heavy (non-hydrogen) atoms. The van der Waals surface area contributed by atoms with Gasteiger partial charge in [0.25, 0.3) is 0 Å². The Hall–Kier alpha value is -0.946. The van der Waals surface area contributed by atoms with Crippen LogP contribution in [0.25, 0.3) is 30.9 Å². The van der Waals surface area contributed by atoms with Crippen molar-refractivity contribution in [3.05, 3.63) is 35.4 Å². The summed E-state index contributed by atoms with van der Waals surface area (Å²) in [6.45, 7) is 34.7. The summed E-state index contributed by atoms with van der Waals surface area (Å²) in [6.07, 6.45) is 0. The molecule has 0 saturated heterocycles. The van der Waals surface area contributed by atoms with Crippen molar-refractivity contribution in [2.45, 2.75) is 130 Å². The minimum atomic E-state index is -1.70. The number of thiophene rings is 2. The largest absolute Gasteiger partial charge is 0.145 e. The first-order valence-corrected chi connectivity index (χ1v) is 21.1. The van der Waals surface area contributed by atoms with Crippen molar-refractivity contribution in [2.24, 2.45) is 0 Å². The Kier molecular flexibility index (Phi) is 8.27. The molecule has 0 aliphatic heterocycles. The van der Waals surface area contributed by atoms with Gasteiger partial charge in [0, 0.05) is 20.2 Å². The van der Waals surface area contributed by atoms with Gasteiger partial charge in [0.2, 0.25) is 0 Å². The highest BCUT2D eigenvalue weighted by Crippen LogP contribution is 2.47. The van der Waals surface area contributed by atoms with E-state index in [-0.39, 0.29) is 0 Å². The van der Waals surface area contributed by atoms with Crippen molar-refractivity contribution in [2.75, 3.05) is 0 Å². The molecule has 0 radical (unpaired) electrons. The molecule has 0 amide bonds. The zero-order chi connectivity index (χ0) is 28.5. The second-order valence-electron chi connectivity index (χ2n) is 14.0. The van der Waals surface area contributed by atoms with Gasteiger partial charge in [-0.1, -0.05) is 83.1 Å². The van der Waals surface area contributed by atoms with E-state index in [0.29, 0.717) is 0 Å². The minimum Gasteiger partial charge on any atom is -0.145 e. The van der Waals surface area contributed by atoms with E-state index in [4.69, 9.17) is 0 Å². The van der Waals surface area contributed by atoms with Gasteiger partial charge in [-0.25, -0.2) is 0 Å². The number of hydrogen-bond donors (Lipinski definition) is 0. The third-order valence-electron chi connectivity index (χ3n) is 10.4. The van der Waals surface area contributed by atoms with Crippen LogP contribution in [0.1, 0.15) is 94.2 Å². The fourth-order valence-electron chi connectivity index (χ4n) is 9.07. The third kappa shape index (κ3) is 4.14. The predicted octanol–water partition coefficient (Wildman–Crippen LogP) is 11.7. The van der Waals surface area contributed by atoms with Crippen molar-refractivity contribution in [3.8, 4) is 0 Å². The molecule has 4 aromatic rings. The molecule has 0 aliphatic carbocycles. The normalized spacial score (nSPS) is 13.9. The molecule has 0 N–H and O–H groups in total. The maximum atomic E-state index is 2.66. The molecule has 4 rings (SSSR count). The number of fused-ring (bicyclic) bond motifs is 5. The standard InChI is InChI=1S/C34H52S2Si2/c1-19(2)37(20(3)4,21(5)6)31-17-29-27-16-26(14)34-30(28(27)15-25(13)33(29)35-31)18-32(36-34)38(22(7)8,23(9)10)24(11)12/h15-24H,1-14H3. The summed E-state index contributed by atoms with van der Waals surface area (Å²) in [7, 11) is -3.39. The molecule has 0 bridgehead atoms. The topological polar surface area (TPSA) is 0 Å². The zero-order valence-electron chi connectivity index (χ0n) is 26.6. The quantitative estimate of drug-likeness (QED) is 0.182. The van der Waals surface area contributed by atoms with Crippen LogP contribution >= 0.6 is 22.7 Å². The summed E-state index contributed by atoms with van der Waals surface area (Å²) >= 11 is 4.27. The molecule has 2 aromatic heterocycles. The van der Waals surface area contributed by atoms with Crippen LogP contribution in [0.3, 0.4) is 0 Å². The van der Waals surface area contributed by atoms with Crippen molar-refractivity contribution in [1.29, 1.82) is 0 Å². The van der Waals surface area contributed by atoms with E-state index in [0.717, 1.165) is 33.2 Å². The second-order valence-corrected chi connectivity index (χ2v) is 28.5. The van der Waals surface area contributed by atoms with Crippen molar-refractivity contribution < 1.29 is 0 Å². The van der Waals surface area contributed by atoms with Crippen molar-refractivity contribution in [3.63, 3.8) is 0 Å². The van der Waals surface area contributed by atoms with E-state index in [1.807, 2.05) is 0 Å². The predicted molar refractivity (Wildman–Crippen MR) is 186 cm³/mol. The van der Waals surface area contributed by atoms with Crippen LogP contribution in [0.5, 0.6) is 0 Å². The van der Waals surface area contributed by atoms with Gasteiger partial charge < -0.3 is 0 Å². The van der Waals surface area contributed by atoms with Gasteiger partial charge in [0.15, 0.2) is 0 Å². The van der Waals surface area contributed by atoms with Crippen LogP contribution in [0, 0.1) is 13.8 Å². The van der Waals surface area contributed by atoms with E-state index in [9.17, 15) is 0 Å². The van der Waals surface area contributed by atoms with E-state index >= 15 is 0 Å². The minimum absolute atomic E-state index is 0.733. The maximum absolute atomic E-state index is 2.66. The molecule has 0 atom stereocenters. The highest BCUT2D eigenvalue weighted by molar-refractivity contribution is 7.33. The third-order valence-corrected chi connectivity index (χ3v) is 28.7. The van der Waals surface area contributed by atoms with E-state index in [1.54, 1.807) is 9.00 Å². The Morgan fingerprint density at radius 1 is 0.421 bits per heavy atom. The molecule has 0 fully saturated rings. The lowest BCUT2D eigenvalue weighted by Gasteiger charge is -2.42. The summed E-state index contributed by atoms with van der Waals surface area (Å²) in [4.78, 5) is 0. The molecule has 2 aromatic carbocycles. The Labute approximate surface area is 243 Å². The van der Waals surface area contributed by atoms with Crippen LogP contribution < -0.4 is 9.00 Å². The molecule has 0 unspecified atom stereocenters. The molecule has 2 heterocycles. The Balaban J connectivity index is 2.10. The first kappa shape index (κ1) is 30.0. The van der Waals surface area contributed by atoms with E-state index in [1.165, 1.54) is 42.1 Å². The highest BCUT2D eigenvalue weighted by Gasteiger charge is 2.47. The first-order valence-electron chi connectivity index (χ1n) is 15.0. The maximum Gasteiger partial charge on any atom is 0.107 e. The molecule has 4 heteroatoms. The van der Waals surface area contributed by atoms with Gasteiger partial charge in [-0.05, 0) is 102 Å². The van der Waals surface area contributed by atoms with Gasteiger partial charge in [0.1, 0.15) is 16.1 Å². The Bertz CT molecular complexity index is 1310. The zero-order valence-corrected chi connectivity index (χ0v) is 30.2. The second kappa shape index (κ2) is 10.5. The van der Waals surface area contributed by atoms with Crippen molar-refractivity contribution >= 4 is 78.8 Å². The average Bonchev–Trinajstić information content (AvgIpc) is 3.41. The molecule has 208 valence electrons. The molecule has 0 nitrogen and oxygen atoms in total. The van der Waals surface area contributed by atoms with Gasteiger partial charge >= 0.3 is 0 Å². The Morgan fingerprint density at radius 2 is 0.684 bits per heavy atom. The van der Waals surface area contributed by atoms with Gasteiger partial charge in [-0.15, -0.1) is 22.7 Å². The first-order chi connectivity index (χ1) is 17.6. The summed E-state index contributed by atoms with van der Waals surface area (Å²) in [5.41, 5.74) is 7.31. The summed E-state index contributed by atoms with van der Waals surface area (Å²) in [6, 6.07) is 10.4. The van der Waals surface area contributed by atoms with Crippen LogP contribution in [-0.4, -0.2) is 16.1 Å². The molecular weight excluding hydrogens is 529 g/mol. The summed E-state index contributed by atoms with van der Waals surface area (Å²) in [5, 5.41) is 5.98. The fourth-order valence-corrected chi connectivity index (χ4v) is 29.3. The van der Waals surface area contributed by atoms with Crippen LogP contribution in [0.2, 0.25) is 33.2 Å². The lowest BCUT2D eigenvalue weighted by Crippen LogP contribution is -2.54. The molecular formula is C34H52S2Si2. The van der Waals surface area contributed by atoms with Crippen LogP contribution in [0.15, 0.2) is 24.3 Å². The number of hydrogen-bond acceptors (Lipinski definition) is 2. The number of rotatable bonds is 8. The van der Waals surface area contributed by atoms with Crippen LogP contribution in [0.4, 0.5) is 0 Å². The van der Waals surface area contributed by atoms with Gasteiger partial charge in [-0.2, -0.15) is 0 Å². The lowest BCUT2D eigenvalue weighted by molar-refractivity contribution is 0.837. The summed E-state index contributed by atoms with van der Waals surface area (Å²) < 4.78 is 6.49. The monoisotopic (exact) mass is 580 g/mol. The number of benzene rings is 2. The fraction of sp³-hybridized carbons (Fsp3) is 0.588. The number of aryl methyl sites for hydroxylation is 2. The molecule has 0 spiro atoms. The van der Waals surface area contributed by atoms with Crippen molar-refractivity contribution in [1.82, 2.24) is 0 Å². The average molecular weight is 581 g/mol. The molecule has 0 saturated carbocycles.